The van der Waals surface area contributed by atoms with Crippen LogP contribution in [0.1, 0.15) is 48.9 Å². The molecule has 27 heavy (non-hydrogen) atoms. The maximum atomic E-state index is 13.0. The zero-order chi connectivity index (χ0) is 19.6. The van der Waals surface area contributed by atoms with E-state index in [-0.39, 0.29) is 18.4 Å². The SMILES string of the molecule is COc1cc2c(cc1OC)C(CC(C)C)N(C(=O)Cc1cc(C)on1)CC2. The molecule has 0 spiro atoms. The Balaban J connectivity index is 1.92. The molecule has 1 amide bonds. The second kappa shape index (κ2) is 8.03. The average molecular weight is 372 g/mol. The van der Waals surface area contributed by atoms with Gasteiger partial charge in [0.2, 0.25) is 5.91 Å². The molecule has 0 radical (unpaired) electrons. The lowest BCUT2D eigenvalue weighted by molar-refractivity contribution is -0.133. The average Bonchev–Trinajstić information content (AvgIpc) is 3.04. The van der Waals surface area contributed by atoms with Crippen LogP contribution in [-0.2, 0) is 17.6 Å². The number of rotatable bonds is 6. The highest BCUT2D eigenvalue weighted by atomic mass is 16.5. The summed E-state index contributed by atoms with van der Waals surface area (Å²) in [6.45, 7) is 6.88. The van der Waals surface area contributed by atoms with Gasteiger partial charge in [-0.15, -0.1) is 0 Å². The van der Waals surface area contributed by atoms with Crippen LogP contribution in [0.2, 0.25) is 0 Å². The molecule has 0 aliphatic carbocycles. The van der Waals surface area contributed by atoms with Crippen LogP contribution >= 0.6 is 0 Å². The minimum atomic E-state index is 0.0223. The molecule has 1 aliphatic rings. The highest BCUT2D eigenvalue weighted by Crippen LogP contribution is 2.40. The van der Waals surface area contributed by atoms with Crippen LogP contribution < -0.4 is 9.47 Å². The first-order valence-corrected chi connectivity index (χ1v) is 9.39. The van der Waals surface area contributed by atoms with E-state index in [2.05, 4.69) is 19.0 Å². The minimum Gasteiger partial charge on any atom is -0.493 e. The van der Waals surface area contributed by atoms with Crippen molar-refractivity contribution in [3.8, 4) is 11.5 Å². The number of fused-ring (bicyclic) bond motifs is 1. The van der Waals surface area contributed by atoms with E-state index >= 15 is 0 Å². The molecule has 1 aromatic heterocycles. The van der Waals surface area contributed by atoms with Gasteiger partial charge in [0.1, 0.15) is 5.76 Å². The Labute approximate surface area is 160 Å². The molecule has 1 aromatic carbocycles. The molecule has 1 atom stereocenters. The summed E-state index contributed by atoms with van der Waals surface area (Å²) in [5.74, 6) is 2.69. The lowest BCUT2D eigenvalue weighted by Crippen LogP contribution is -2.41. The van der Waals surface area contributed by atoms with Crippen LogP contribution in [0, 0.1) is 12.8 Å². The molecule has 0 saturated heterocycles. The number of carbonyl (C=O) groups excluding carboxylic acids is 1. The number of aryl methyl sites for hydroxylation is 1. The first kappa shape index (κ1) is 19.3. The Kier molecular flexibility index (Phi) is 5.73. The van der Waals surface area contributed by atoms with Crippen molar-refractivity contribution in [2.75, 3.05) is 20.8 Å². The van der Waals surface area contributed by atoms with Crippen molar-refractivity contribution in [3.05, 3.63) is 40.8 Å². The van der Waals surface area contributed by atoms with Gasteiger partial charge in [-0.2, -0.15) is 0 Å². The number of hydrogen-bond acceptors (Lipinski definition) is 5. The molecule has 6 nitrogen and oxygen atoms in total. The number of benzene rings is 1. The summed E-state index contributed by atoms with van der Waals surface area (Å²) >= 11 is 0. The van der Waals surface area contributed by atoms with Gasteiger partial charge in [-0.05, 0) is 48.9 Å². The summed E-state index contributed by atoms with van der Waals surface area (Å²) in [5.41, 5.74) is 3.05. The predicted octanol–water partition coefficient (Wildman–Crippen LogP) is 3.71. The molecule has 1 aliphatic heterocycles. The Morgan fingerprint density at radius 2 is 1.96 bits per heavy atom. The molecule has 6 heteroatoms. The molecule has 0 N–H and O–H groups in total. The van der Waals surface area contributed by atoms with Crippen molar-refractivity contribution in [2.24, 2.45) is 5.92 Å². The first-order chi connectivity index (χ1) is 12.9. The number of ether oxygens (including phenoxy) is 2. The van der Waals surface area contributed by atoms with Crippen LogP contribution in [0.4, 0.5) is 0 Å². The van der Waals surface area contributed by atoms with Crippen LogP contribution in [-0.4, -0.2) is 36.7 Å². The van der Waals surface area contributed by atoms with Crippen LogP contribution in [0.15, 0.2) is 22.7 Å². The van der Waals surface area contributed by atoms with Crippen molar-refractivity contribution in [1.29, 1.82) is 0 Å². The molecule has 2 aromatic rings. The lowest BCUT2D eigenvalue weighted by Gasteiger charge is -2.38. The van der Waals surface area contributed by atoms with Gasteiger partial charge in [-0.25, -0.2) is 0 Å². The number of aromatic nitrogens is 1. The summed E-state index contributed by atoms with van der Waals surface area (Å²) in [5, 5.41) is 3.97. The zero-order valence-electron chi connectivity index (χ0n) is 16.7. The fourth-order valence-corrected chi connectivity index (χ4v) is 3.79. The monoisotopic (exact) mass is 372 g/mol. The van der Waals surface area contributed by atoms with Gasteiger partial charge in [-0.3, -0.25) is 4.79 Å². The molecule has 3 rings (SSSR count). The van der Waals surface area contributed by atoms with E-state index in [1.165, 1.54) is 5.56 Å². The van der Waals surface area contributed by atoms with Gasteiger partial charge in [0, 0.05) is 12.6 Å². The highest BCUT2D eigenvalue weighted by Gasteiger charge is 2.32. The van der Waals surface area contributed by atoms with E-state index in [9.17, 15) is 4.79 Å². The van der Waals surface area contributed by atoms with Crippen molar-refractivity contribution in [2.45, 2.75) is 46.1 Å². The molecule has 1 unspecified atom stereocenters. The summed E-state index contributed by atoms with van der Waals surface area (Å²) in [4.78, 5) is 15.0. The summed E-state index contributed by atoms with van der Waals surface area (Å²) in [7, 11) is 3.29. The molecule has 0 fully saturated rings. The third-order valence-electron chi connectivity index (χ3n) is 5.03. The molecule has 2 heterocycles. The molecular weight excluding hydrogens is 344 g/mol. The predicted molar refractivity (Wildman–Crippen MR) is 102 cm³/mol. The second-order valence-electron chi connectivity index (χ2n) is 7.49. The quantitative estimate of drug-likeness (QED) is 0.773. The molecule has 0 bridgehead atoms. The van der Waals surface area contributed by atoms with E-state index < -0.39 is 0 Å². The number of nitrogens with zero attached hydrogens (tertiary/aromatic N) is 2. The molecular formula is C21H28N2O4. The van der Waals surface area contributed by atoms with Crippen molar-refractivity contribution < 1.29 is 18.8 Å². The number of carbonyl (C=O) groups is 1. The van der Waals surface area contributed by atoms with E-state index in [4.69, 9.17) is 14.0 Å². The van der Waals surface area contributed by atoms with Gasteiger partial charge in [-0.1, -0.05) is 19.0 Å². The normalized spacial score (nSPS) is 16.4. The van der Waals surface area contributed by atoms with Crippen molar-refractivity contribution in [1.82, 2.24) is 10.1 Å². The van der Waals surface area contributed by atoms with Crippen molar-refractivity contribution >= 4 is 5.91 Å². The van der Waals surface area contributed by atoms with E-state index in [1.807, 2.05) is 30.0 Å². The van der Waals surface area contributed by atoms with Gasteiger partial charge in [0.25, 0.3) is 0 Å². The zero-order valence-corrected chi connectivity index (χ0v) is 16.7. The second-order valence-corrected chi connectivity index (χ2v) is 7.49. The van der Waals surface area contributed by atoms with Gasteiger partial charge < -0.3 is 18.9 Å². The fraction of sp³-hybridized carbons (Fsp3) is 0.524. The van der Waals surface area contributed by atoms with Crippen molar-refractivity contribution in [3.63, 3.8) is 0 Å². The van der Waals surface area contributed by atoms with Gasteiger partial charge in [0.15, 0.2) is 11.5 Å². The number of amides is 1. The minimum absolute atomic E-state index is 0.0223. The summed E-state index contributed by atoms with van der Waals surface area (Å²) in [6, 6.07) is 5.92. The number of hydrogen-bond donors (Lipinski definition) is 0. The standard InChI is InChI=1S/C21H28N2O4/c1-13(2)8-18-17-12-20(26-5)19(25-4)10-15(17)6-7-23(18)21(24)11-16-9-14(3)27-22-16/h9-10,12-13,18H,6-8,11H2,1-5H3. The van der Waals surface area contributed by atoms with E-state index in [0.29, 0.717) is 23.9 Å². The van der Waals surface area contributed by atoms with Gasteiger partial charge >= 0.3 is 0 Å². The lowest BCUT2D eigenvalue weighted by atomic mass is 9.87. The molecule has 0 saturated carbocycles. The largest absolute Gasteiger partial charge is 0.493 e. The maximum Gasteiger partial charge on any atom is 0.229 e. The van der Waals surface area contributed by atoms with Gasteiger partial charge in [0.05, 0.1) is 32.4 Å². The van der Waals surface area contributed by atoms with Crippen LogP contribution in [0.25, 0.3) is 0 Å². The highest BCUT2D eigenvalue weighted by molar-refractivity contribution is 5.79. The van der Waals surface area contributed by atoms with E-state index in [0.717, 1.165) is 29.9 Å². The van der Waals surface area contributed by atoms with Crippen LogP contribution in [0.5, 0.6) is 11.5 Å². The third kappa shape index (κ3) is 4.10. The fourth-order valence-electron chi connectivity index (χ4n) is 3.79. The smallest absolute Gasteiger partial charge is 0.229 e. The summed E-state index contributed by atoms with van der Waals surface area (Å²) < 4.78 is 16.1. The topological polar surface area (TPSA) is 64.8 Å². The Morgan fingerprint density at radius 3 is 2.56 bits per heavy atom. The first-order valence-electron chi connectivity index (χ1n) is 9.39. The maximum absolute atomic E-state index is 13.0. The summed E-state index contributed by atoms with van der Waals surface area (Å²) in [6.07, 6.45) is 1.95. The third-order valence-corrected chi connectivity index (χ3v) is 5.03. The molecule has 146 valence electrons. The Bertz CT molecular complexity index is 813. The van der Waals surface area contributed by atoms with E-state index in [1.54, 1.807) is 14.2 Å². The Hall–Kier alpha value is -2.50. The number of methoxy groups -OCH3 is 2. The Morgan fingerprint density at radius 1 is 1.26 bits per heavy atom. The van der Waals surface area contributed by atoms with Crippen LogP contribution in [0.3, 0.4) is 0 Å².